The molecule has 6 aromatic carbocycles. The smallest absolute Gasteiger partial charge is 0.342 e. The molecule has 3 aliphatic heterocycles. The zero-order valence-electron chi connectivity index (χ0n) is 38.5. The summed E-state index contributed by atoms with van der Waals surface area (Å²) < 4.78 is 44.9. The van der Waals surface area contributed by atoms with E-state index in [-0.39, 0.29) is 0 Å². The van der Waals surface area contributed by atoms with Gasteiger partial charge >= 0.3 is 35.8 Å². The number of cyclic esters (lactones) is 1. The lowest BCUT2D eigenvalue weighted by atomic mass is 9.92. The molecule has 5 unspecified atom stereocenters. The van der Waals surface area contributed by atoms with Crippen LogP contribution in [-0.4, -0.2) is 160 Å². The topological polar surface area (TPSA) is 520 Å². The number of carboxylic acid groups (broad SMARTS) is 1. The number of phenols is 16. The first-order chi connectivity index (χ1) is 37.2. The number of hydrogen-bond donors (Lipinski definition) is 17. The molecule has 1 saturated heterocycles. The lowest BCUT2D eigenvalue weighted by Gasteiger charge is -2.44. The minimum Gasteiger partial charge on any atom is -0.504 e. The van der Waals surface area contributed by atoms with Crippen LogP contribution < -0.4 is 9.47 Å². The molecule has 410 valence electrons. The summed E-state index contributed by atoms with van der Waals surface area (Å²) in [6.45, 7) is -1.33. The zero-order chi connectivity index (χ0) is 57.5. The Bertz CT molecular complexity index is 3670. The van der Waals surface area contributed by atoms with Crippen molar-refractivity contribution in [1.82, 2.24) is 0 Å². The second-order valence-corrected chi connectivity index (χ2v) is 16.8. The molecule has 79 heavy (non-hydrogen) atoms. The summed E-state index contributed by atoms with van der Waals surface area (Å²) in [5.74, 6) is -37.4. The lowest BCUT2D eigenvalue weighted by Crippen LogP contribution is -2.63. The monoisotopic (exact) mass is 1100 g/mol. The number of fused-ring (bicyclic) bond motifs is 8. The van der Waals surface area contributed by atoms with E-state index in [0.29, 0.717) is 48.5 Å². The maximum atomic E-state index is 14.9. The number of hydrogen-bond acceptors (Lipinski definition) is 30. The summed E-state index contributed by atoms with van der Waals surface area (Å²) in [5, 5.41) is 180. The van der Waals surface area contributed by atoms with Gasteiger partial charge in [-0.2, -0.15) is 0 Å². The van der Waals surface area contributed by atoms with Crippen LogP contribution >= 0.6 is 0 Å². The van der Waals surface area contributed by atoms with Crippen molar-refractivity contribution in [3.8, 4) is 126 Å². The number of carboxylic acids is 1. The summed E-state index contributed by atoms with van der Waals surface area (Å²) in [7, 11) is 0. The number of aromatic hydroxyl groups is 16. The summed E-state index contributed by atoms with van der Waals surface area (Å²) >= 11 is 0. The average Bonchev–Trinajstić information content (AvgIpc) is 3.67. The van der Waals surface area contributed by atoms with Crippen molar-refractivity contribution in [2.24, 2.45) is 0 Å². The molecule has 17 N–H and O–H groups in total. The Labute approximate surface area is 433 Å². The van der Waals surface area contributed by atoms with Gasteiger partial charge in [0.2, 0.25) is 52.6 Å². The SMILES string of the molecule is O=C1OC2OC3COC(=O)c4cc(O)c(O)c(O)c4-c4c(cc(O)c(O)c4O)C(=O)OC3C(OC(=O)c3cc(O)c(O)c(O)c3)C2OC(=O)c2cc(Oc3c(C(=O)O)cc(O)c(O)c3O)c(O)c(O)c2Oc2cc1cc(O)c2O. The van der Waals surface area contributed by atoms with Gasteiger partial charge in [0, 0.05) is 23.3 Å². The van der Waals surface area contributed by atoms with Gasteiger partial charge in [-0.1, -0.05) is 0 Å². The van der Waals surface area contributed by atoms with Crippen LogP contribution in [0.3, 0.4) is 0 Å². The zero-order valence-corrected chi connectivity index (χ0v) is 38.5. The third-order valence-corrected chi connectivity index (χ3v) is 12.0. The van der Waals surface area contributed by atoms with Gasteiger partial charge < -0.3 is 125 Å². The van der Waals surface area contributed by atoms with Gasteiger partial charge in [0.25, 0.3) is 0 Å². The predicted octanol–water partition coefficient (Wildman–Crippen LogP) is 2.97. The van der Waals surface area contributed by atoms with E-state index in [4.69, 9.17) is 37.9 Å². The molecule has 0 aliphatic carbocycles. The van der Waals surface area contributed by atoms with Crippen molar-refractivity contribution in [2.45, 2.75) is 30.7 Å². The van der Waals surface area contributed by atoms with E-state index < -0.39 is 233 Å². The van der Waals surface area contributed by atoms with Crippen LogP contribution in [0, 0.1) is 0 Å². The van der Waals surface area contributed by atoms with E-state index >= 15 is 0 Å². The number of esters is 5. The number of ether oxygens (including phenoxy) is 8. The first-order valence-electron chi connectivity index (χ1n) is 21.7. The summed E-state index contributed by atoms with van der Waals surface area (Å²) in [6.07, 6.45) is -12.8. The average molecular weight is 1100 g/mol. The Morgan fingerprint density at radius 2 is 1.03 bits per heavy atom. The normalized spacial score (nSPS) is 18.7. The maximum Gasteiger partial charge on any atom is 0.342 e. The van der Waals surface area contributed by atoms with Crippen LogP contribution in [0.1, 0.15) is 62.1 Å². The van der Waals surface area contributed by atoms with Gasteiger partial charge in [-0.3, -0.25) is 0 Å². The minimum absolute atomic E-state index is 0.352. The van der Waals surface area contributed by atoms with Crippen LogP contribution in [0.25, 0.3) is 11.1 Å². The first kappa shape index (κ1) is 52.4. The van der Waals surface area contributed by atoms with Crippen molar-refractivity contribution in [2.75, 3.05) is 6.61 Å². The second-order valence-electron chi connectivity index (χ2n) is 16.8. The molecule has 31 heteroatoms. The van der Waals surface area contributed by atoms with Crippen LogP contribution in [0.15, 0.2) is 48.5 Å². The molecule has 5 atom stereocenters. The summed E-state index contributed by atoms with van der Waals surface area (Å²) in [6, 6.07) is 3.63. The number of benzene rings is 6. The van der Waals surface area contributed by atoms with Gasteiger partial charge in [-0.05, 0) is 36.4 Å². The largest absolute Gasteiger partial charge is 0.504 e. The summed E-state index contributed by atoms with van der Waals surface area (Å²) in [5.41, 5.74) is -8.56. The van der Waals surface area contributed by atoms with Crippen LogP contribution in [0.4, 0.5) is 0 Å². The van der Waals surface area contributed by atoms with E-state index in [1.807, 2.05) is 0 Å². The van der Waals surface area contributed by atoms with Crippen LogP contribution in [0.5, 0.6) is 115 Å². The molecular formula is C48H32O31. The van der Waals surface area contributed by atoms with Crippen molar-refractivity contribution >= 4 is 35.8 Å². The molecular weight excluding hydrogens is 1070 g/mol. The van der Waals surface area contributed by atoms with E-state index in [2.05, 4.69) is 0 Å². The molecule has 0 aromatic heterocycles. The molecule has 0 radical (unpaired) electrons. The summed E-state index contributed by atoms with van der Waals surface area (Å²) in [4.78, 5) is 84.0. The van der Waals surface area contributed by atoms with Gasteiger partial charge in [0.05, 0.1) is 22.3 Å². The highest BCUT2D eigenvalue weighted by atomic mass is 16.7. The Hall–Kier alpha value is -11.5. The molecule has 1 fully saturated rings. The van der Waals surface area contributed by atoms with Crippen molar-refractivity contribution in [3.05, 3.63) is 81.9 Å². The number of aromatic carboxylic acids is 1. The van der Waals surface area contributed by atoms with Gasteiger partial charge in [-0.15, -0.1) is 0 Å². The minimum atomic E-state index is -2.71. The standard InChI is InChI=1S/C48H32O31/c49-16-1-10(2-17(50)27(16)55)43(67)77-40-39-24(9-72-45(69)12-5-19(52)29(57)33(61)25(12)26-13(46(70)76-39)6-20(53)30(58)34(26)62)75-48-41(40)78-47(71)15-8-23(74-37-14(42(65)66)7-21(54)31(59)35(37)63)32(60)36(64)38(15)73-22-4-11(44(68)79-48)3-18(51)28(22)56/h1-8,24,39-41,48-64H,9H2,(H,65,66). The quantitative estimate of drug-likeness (QED) is 0.0670. The lowest BCUT2D eigenvalue weighted by molar-refractivity contribution is -0.282. The fourth-order valence-corrected chi connectivity index (χ4v) is 8.17. The van der Waals surface area contributed by atoms with Gasteiger partial charge in [0.1, 0.15) is 23.8 Å². The Kier molecular flexibility index (Phi) is 12.6. The molecule has 0 saturated carbocycles. The third-order valence-electron chi connectivity index (χ3n) is 12.0. The Morgan fingerprint density at radius 3 is 1.63 bits per heavy atom. The fraction of sp³-hybridized carbons (Fsp3) is 0.125. The van der Waals surface area contributed by atoms with E-state index in [1.165, 1.54) is 0 Å². The number of phenolic OH excluding ortho intramolecular Hbond substituents is 16. The molecule has 9 rings (SSSR count). The molecule has 6 aromatic rings. The van der Waals surface area contributed by atoms with Gasteiger partial charge in [0.15, 0.2) is 87.0 Å². The fourth-order valence-electron chi connectivity index (χ4n) is 8.17. The van der Waals surface area contributed by atoms with E-state index in [1.54, 1.807) is 0 Å². The molecule has 0 spiro atoms. The van der Waals surface area contributed by atoms with Crippen molar-refractivity contribution in [1.29, 1.82) is 0 Å². The number of carbonyl (C=O) groups is 6. The number of carbonyl (C=O) groups excluding carboxylic acids is 5. The Balaban J connectivity index is 1.27. The number of rotatable bonds is 5. The Morgan fingerprint density at radius 1 is 0.494 bits per heavy atom. The van der Waals surface area contributed by atoms with Crippen LogP contribution in [-0.2, 0) is 28.4 Å². The van der Waals surface area contributed by atoms with E-state index in [0.717, 1.165) is 0 Å². The van der Waals surface area contributed by atoms with Crippen molar-refractivity contribution < 1.29 is 153 Å². The van der Waals surface area contributed by atoms with Gasteiger partial charge in [-0.25, -0.2) is 28.8 Å². The van der Waals surface area contributed by atoms with Crippen molar-refractivity contribution in [3.63, 3.8) is 0 Å². The first-order valence-corrected chi connectivity index (χ1v) is 21.7. The van der Waals surface area contributed by atoms with Crippen LogP contribution in [0.2, 0.25) is 0 Å². The predicted molar refractivity (Wildman–Crippen MR) is 243 cm³/mol. The molecule has 3 aliphatic rings. The van der Waals surface area contributed by atoms with E-state index in [9.17, 15) is 116 Å². The second kappa shape index (κ2) is 19.0. The highest BCUT2D eigenvalue weighted by molar-refractivity contribution is 6.08. The third kappa shape index (κ3) is 8.78. The highest BCUT2D eigenvalue weighted by Gasteiger charge is 2.56. The maximum absolute atomic E-state index is 14.9. The highest BCUT2D eigenvalue weighted by Crippen LogP contribution is 2.56. The molecule has 3 heterocycles. The molecule has 31 nitrogen and oxygen atoms in total. The molecule has 2 bridgehead atoms. The molecule has 0 amide bonds.